The molecule has 0 atom stereocenters. The maximum absolute atomic E-state index is 2.40. The molecule has 0 radical (unpaired) electrons. The lowest BCUT2D eigenvalue weighted by molar-refractivity contribution is 0.550. The number of hydrogen-bond acceptors (Lipinski definition) is 0. The van der Waals surface area contributed by atoms with E-state index in [1.54, 1.807) is 16.7 Å². The van der Waals surface area contributed by atoms with Gasteiger partial charge in [0.15, 0.2) is 0 Å². The second kappa shape index (κ2) is 5.69. The fourth-order valence-electron chi connectivity index (χ4n) is 2.78. The molecule has 0 bridgehead atoms. The molecule has 0 unspecified atom stereocenters. The zero-order chi connectivity index (χ0) is 14.8. The fourth-order valence-corrected chi connectivity index (χ4v) is 2.78. The molecule has 0 spiro atoms. The van der Waals surface area contributed by atoms with E-state index in [1.165, 1.54) is 24.8 Å². The molecule has 0 aromatic heterocycles. The predicted molar refractivity (Wildman–Crippen MR) is 87.2 cm³/mol. The molecule has 1 aromatic carbocycles. The third-order valence-corrected chi connectivity index (χ3v) is 3.79. The predicted octanol–water partition coefficient (Wildman–Crippen LogP) is 5.93. The lowest BCUT2D eigenvalue weighted by atomic mass is 9.74. The number of unbranched alkanes of at least 4 members (excludes halogenated alkanes) is 1. The van der Waals surface area contributed by atoms with Crippen molar-refractivity contribution in [1.82, 2.24) is 0 Å². The third kappa shape index (κ3) is 4.09. The van der Waals surface area contributed by atoms with E-state index in [4.69, 9.17) is 0 Å². The molecule has 0 aliphatic rings. The van der Waals surface area contributed by atoms with Crippen molar-refractivity contribution in [3.63, 3.8) is 0 Å². The Morgan fingerprint density at radius 3 is 1.58 bits per heavy atom. The van der Waals surface area contributed by atoms with E-state index in [-0.39, 0.29) is 10.8 Å². The highest BCUT2D eigenvalue weighted by Gasteiger charge is 2.25. The van der Waals surface area contributed by atoms with E-state index in [9.17, 15) is 0 Å². The number of rotatable bonds is 3. The fraction of sp³-hybridized carbons (Fsp3) is 0.684. The van der Waals surface area contributed by atoms with Gasteiger partial charge in [0.05, 0.1) is 0 Å². The van der Waals surface area contributed by atoms with E-state index < -0.39 is 0 Å². The standard InChI is InChI=1S/C19H32/c1-9-10-11-15-16(18(3,4)5)12-14(2)13-17(15)19(6,7)8/h12-13H,9-11H2,1-8H3. The number of benzene rings is 1. The Morgan fingerprint density at radius 2 is 1.26 bits per heavy atom. The van der Waals surface area contributed by atoms with Crippen molar-refractivity contribution in [3.8, 4) is 0 Å². The van der Waals surface area contributed by atoms with Crippen molar-refractivity contribution in [2.75, 3.05) is 0 Å². The average molecular weight is 260 g/mol. The Bertz CT molecular complexity index is 389. The summed E-state index contributed by atoms with van der Waals surface area (Å²) in [6, 6.07) is 4.81. The highest BCUT2D eigenvalue weighted by atomic mass is 14.3. The van der Waals surface area contributed by atoms with Gasteiger partial charge in [-0.3, -0.25) is 0 Å². The van der Waals surface area contributed by atoms with Crippen LogP contribution in [0.15, 0.2) is 12.1 Å². The lowest BCUT2D eigenvalue weighted by Crippen LogP contribution is -2.21. The summed E-state index contributed by atoms with van der Waals surface area (Å²) >= 11 is 0. The van der Waals surface area contributed by atoms with Gasteiger partial charge in [0.25, 0.3) is 0 Å². The Balaban J connectivity index is 3.49. The Kier molecular flexibility index (Phi) is 4.87. The van der Waals surface area contributed by atoms with Crippen LogP contribution in [0.25, 0.3) is 0 Å². The van der Waals surface area contributed by atoms with Crippen LogP contribution in [0.2, 0.25) is 0 Å². The summed E-state index contributed by atoms with van der Waals surface area (Å²) < 4.78 is 0. The van der Waals surface area contributed by atoms with Gasteiger partial charge >= 0.3 is 0 Å². The summed E-state index contributed by atoms with van der Waals surface area (Å²) in [6.07, 6.45) is 3.77. The molecule has 1 rings (SSSR count). The smallest absolute Gasteiger partial charge is 0.0129 e. The molecular formula is C19H32. The van der Waals surface area contributed by atoms with Crippen LogP contribution in [0.5, 0.6) is 0 Å². The summed E-state index contributed by atoms with van der Waals surface area (Å²) in [4.78, 5) is 0. The van der Waals surface area contributed by atoms with Crippen molar-refractivity contribution >= 4 is 0 Å². The van der Waals surface area contributed by atoms with E-state index in [0.717, 1.165) is 0 Å². The largest absolute Gasteiger partial charge is 0.0654 e. The second-order valence-electron chi connectivity index (χ2n) is 7.94. The highest BCUT2D eigenvalue weighted by molar-refractivity contribution is 5.45. The summed E-state index contributed by atoms with van der Waals surface area (Å²) in [5.41, 5.74) is 6.56. The molecule has 0 nitrogen and oxygen atoms in total. The molecule has 0 heterocycles. The minimum atomic E-state index is 0.231. The van der Waals surface area contributed by atoms with E-state index in [1.807, 2.05) is 0 Å². The SMILES string of the molecule is CCCCc1c(C(C)(C)C)cc(C)cc1C(C)(C)C. The van der Waals surface area contributed by atoms with Gasteiger partial charge in [0.2, 0.25) is 0 Å². The molecule has 0 aliphatic carbocycles. The first-order chi connectivity index (χ1) is 8.57. The van der Waals surface area contributed by atoms with Crippen molar-refractivity contribution in [1.29, 1.82) is 0 Å². The zero-order valence-corrected chi connectivity index (χ0v) is 14.3. The van der Waals surface area contributed by atoms with Crippen LogP contribution < -0.4 is 0 Å². The quantitative estimate of drug-likeness (QED) is 0.631. The first-order valence-electron chi connectivity index (χ1n) is 7.72. The molecule has 19 heavy (non-hydrogen) atoms. The highest BCUT2D eigenvalue weighted by Crippen LogP contribution is 2.35. The molecule has 0 fully saturated rings. The van der Waals surface area contributed by atoms with Gasteiger partial charge in [-0.05, 0) is 47.3 Å². The monoisotopic (exact) mass is 260 g/mol. The second-order valence-corrected chi connectivity index (χ2v) is 7.94. The van der Waals surface area contributed by atoms with Gasteiger partial charge in [-0.15, -0.1) is 0 Å². The summed E-state index contributed by atoms with van der Waals surface area (Å²) in [5, 5.41) is 0. The maximum atomic E-state index is 2.40. The molecule has 0 heteroatoms. The van der Waals surface area contributed by atoms with Crippen molar-refractivity contribution in [3.05, 3.63) is 34.4 Å². The summed E-state index contributed by atoms with van der Waals surface area (Å²) in [7, 11) is 0. The van der Waals surface area contributed by atoms with E-state index in [2.05, 4.69) is 67.5 Å². The maximum Gasteiger partial charge on any atom is -0.0129 e. The van der Waals surface area contributed by atoms with Crippen LogP contribution in [0, 0.1) is 6.92 Å². The van der Waals surface area contributed by atoms with Crippen molar-refractivity contribution < 1.29 is 0 Å². The summed E-state index contributed by atoms with van der Waals surface area (Å²) in [6.45, 7) is 18.5. The third-order valence-electron chi connectivity index (χ3n) is 3.79. The number of hydrogen-bond donors (Lipinski definition) is 0. The summed E-state index contributed by atoms with van der Waals surface area (Å²) in [5.74, 6) is 0. The van der Waals surface area contributed by atoms with E-state index >= 15 is 0 Å². The molecule has 0 saturated heterocycles. The van der Waals surface area contributed by atoms with Gasteiger partial charge < -0.3 is 0 Å². The molecule has 0 saturated carbocycles. The van der Waals surface area contributed by atoms with E-state index in [0.29, 0.717) is 0 Å². The molecule has 0 aliphatic heterocycles. The molecule has 0 amide bonds. The van der Waals surface area contributed by atoms with Gasteiger partial charge in [-0.25, -0.2) is 0 Å². The van der Waals surface area contributed by atoms with Gasteiger partial charge in [0, 0.05) is 0 Å². The van der Waals surface area contributed by atoms with Crippen molar-refractivity contribution in [2.24, 2.45) is 0 Å². The lowest BCUT2D eigenvalue weighted by Gasteiger charge is -2.31. The molecule has 0 N–H and O–H groups in total. The van der Waals surface area contributed by atoms with Gasteiger partial charge in [-0.2, -0.15) is 0 Å². The van der Waals surface area contributed by atoms with Gasteiger partial charge in [-0.1, -0.05) is 72.6 Å². The van der Waals surface area contributed by atoms with Crippen LogP contribution in [-0.4, -0.2) is 0 Å². The average Bonchev–Trinajstić information content (AvgIpc) is 2.23. The van der Waals surface area contributed by atoms with Crippen LogP contribution >= 0.6 is 0 Å². The Labute approximate surface area is 120 Å². The van der Waals surface area contributed by atoms with Crippen LogP contribution in [0.1, 0.15) is 83.6 Å². The number of aryl methyl sites for hydroxylation is 1. The van der Waals surface area contributed by atoms with Crippen molar-refractivity contribution in [2.45, 2.75) is 85.5 Å². The normalized spacial score (nSPS) is 12.8. The van der Waals surface area contributed by atoms with Gasteiger partial charge in [0.1, 0.15) is 0 Å². The molecular weight excluding hydrogens is 228 g/mol. The molecule has 108 valence electrons. The molecule has 1 aromatic rings. The zero-order valence-electron chi connectivity index (χ0n) is 14.3. The minimum Gasteiger partial charge on any atom is -0.0654 e. The topological polar surface area (TPSA) is 0 Å². The Morgan fingerprint density at radius 1 is 0.842 bits per heavy atom. The Hall–Kier alpha value is -0.780. The first kappa shape index (κ1) is 16.3. The van der Waals surface area contributed by atoms with Crippen LogP contribution in [0.3, 0.4) is 0 Å². The van der Waals surface area contributed by atoms with Crippen LogP contribution in [0.4, 0.5) is 0 Å². The van der Waals surface area contributed by atoms with Crippen LogP contribution in [-0.2, 0) is 17.3 Å². The first-order valence-corrected chi connectivity index (χ1v) is 7.72. The minimum absolute atomic E-state index is 0.231.